The first-order valence-electron chi connectivity index (χ1n) is 9.02. The molecule has 0 bridgehead atoms. The van der Waals surface area contributed by atoms with Crippen molar-refractivity contribution in [3.05, 3.63) is 59.7 Å². The summed E-state index contributed by atoms with van der Waals surface area (Å²) in [4.78, 5) is 36.0. The van der Waals surface area contributed by atoms with Crippen molar-refractivity contribution < 1.29 is 19.1 Å². The van der Waals surface area contributed by atoms with Crippen molar-refractivity contribution in [1.82, 2.24) is 0 Å². The fourth-order valence-electron chi connectivity index (χ4n) is 3.08. The minimum Gasteiger partial charge on any atom is -0.462 e. The van der Waals surface area contributed by atoms with E-state index in [9.17, 15) is 14.4 Å². The molecule has 0 radical (unpaired) electrons. The molecule has 2 aromatic carbocycles. The topological polar surface area (TPSA) is 84.5 Å². The van der Waals surface area contributed by atoms with Gasteiger partial charge in [-0.25, -0.2) is 4.79 Å². The number of benzene rings is 2. The fraction of sp³-hybridized carbons (Fsp3) is 0.286. The van der Waals surface area contributed by atoms with E-state index in [-0.39, 0.29) is 30.1 Å². The van der Waals surface area contributed by atoms with Gasteiger partial charge < -0.3 is 15.4 Å². The molecule has 1 atom stereocenters. The van der Waals surface area contributed by atoms with Crippen LogP contribution in [0.5, 0.6) is 0 Å². The molecule has 1 heterocycles. The lowest BCUT2D eigenvalue weighted by atomic mass is 9.89. The summed E-state index contributed by atoms with van der Waals surface area (Å²) in [6, 6.07) is 14.3. The van der Waals surface area contributed by atoms with Crippen LogP contribution in [-0.4, -0.2) is 24.4 Å². The number of fused-ring (bicyclic) bond motifs is 1. The second-order valence-corrected chi connectivity index (χ2v) is 6.43. The highest BCUT2D eigenvalue weighted by Crippen LogP contribution is 2.27. The molecule has 140 valence electrons. The first-order valence-corrected chi connectivity index (χ1v) is 9.02. The molecule has 0 saturated heterocycles. The maximum absolute atomic E-state index is 12.2. The molecule has 1 unspecified atom stereocenters. The Bertz CT molecular complexity index is 846. The number of anilines is 2. The van der Waals surface area contributed by atoms with Crippen LogP contribution in [0.1, 0.15) is 35.7 Å². The first-order chi connectivity index (χ1) is 13.1. The van der Waals surface area contributed by atoms with Gasteiger partial charge in [0.2, 0.25) is 11.8 Å². The monoisotopic (exact) mass is 366 g/mol. The number of hydrogen-bond donors (Lipinski definition) is 2. The molecule has 0 saturated carbocycles. The van der Waals surface area contributed by atoms with E-state index in [2.05, 4.69) is 10.6 Å². The maximum Gasteiger partial charge on any atom is 0.338 e. The zero-order valence-corrected chi connectivity index (χ0v) is 15.2. The lowest BCUT2D eigenvalue weighted by molar-refractivity contribution is -0.121. The van der Waals surface area contributed by atoms with Gasteiger partial charge in [-0.05, 0) is 55.7 Å². The molecule has 2 amide bonds. The van der Waals surface area contributed by atoms with Crippen LogP contribution >= 0.6 is 0 Å². The molecule has 6 nitrogen and oxygen atoms in total. The Morgan fingerprint density at radius 1 is 1.15 bits per heavy atom. The van der Waals surface area contributed by atoms with Crippen LogP contribution in [0.3, 0.4) is 0 Å². The lowest BCUT2D eigenvalue weighted by Crippen LogP contribution is -2.30. The standard InChI is InChI=1S/C21H22N2O4/c1-2-27-21(26)14-7-10-17(11-8-14)22-19(24)12-9-16-13-15-5-3-4-6-18(15)23-20(16)25/h3-8,10-11,16H,2,9,12-13H2,1H3,(H,22,24)(H,23,25). The van der Waals surface area contributed by atoms with Crippen LogP contribution in [0, 0.1) is 5.92 Å². The normalized spacial score (nSPS) is 15.4. The predicted octanol–water partition coefficient (Wildman–Crippen LogP) is 3.39. The molecule has 6 heteroatoms. The van der Waals surface area contributed by atoms with Crippen molar-refractivity contribution in [1.29, 1.82) is 0 Å². The Morgan fingerprint density at radius 2 is 1.89 bits per heavy atom. The largest absolute Gasteiger partial charge is 0.462 e. The van der Waals surface area contributed by atoms with Crippen LogP contribution < -0.4 is 10.6 Å². The lowest BCUT2D eigenvalue weighted by Gasteiger charge is -2.24. The highest BCUT2D eigenvalue weighted by atomic mass is 16.5. The molecule has 27 heavy (non-hydrogen) atoms. The predicted molar refractivity (Wildman–Crippen MR) is 103 cm³/mol. The zero-order valence-electron chi connectivity index (χ0n) is 15.2. The van der Waals surface area contributed by atoms with Gasteiger partial charge in [-0.3, -0.25) is 9.59 Å². The van der Waals surface area contributed by atoms with E-state index in [0.29, 0.717) is 30.7 Å². The van der Waals surface area contributed by atoms with Crippen LogP contribution in [0.15, 0.2) is 48.5 Å². The molecule has 1 aliphatic heterocycles. The highest BCUT2D eigenvalue weighted by molar-refractivity contribution is 5.97. The summed E-state index contributed by atoms with van der Waals surface area (Å²) < 4.78 is 4.93. The van der Waals surface area contributed by atoms with Crippen molar-refractivity contribution >= 4 is 29.2 Å². The summed E-state index contributed by atoms with van der Waals surface area (Å²) in [5, 5.41) is 5.69. The molecule has 2 aromatic rings. The molecule has 0 spiro atoms. The molecule has 1 aliphatic rings. The third-order valence-electron chi connectivity index (χ3n) is 4.51. The Morgan fingerprint density at radius 3 is 2.63 bits per heavy atom. The number of para-hydroxylation sites is 1. The molecule has 0 aromatic heterocycles. The SMILES string of the molecule is CCOC(=O)c1ccc(NC(=O)CCC2Cc3ccccc3NC2=O)cc1. The minimum absolute atomic E-state index is 0.0414. The van der Waals surface area contributed by atoms with E-state index in [1.165, 1.54) is 0 Å². The van der Waals surface area contributed by atoms with Gasteiger partial charge in [0.1, 0.15) is 0 Å². The molecule has 0 fully saturated rings. The quantitative estimate of drug-likeness (QED) is 0.768. The molecule has 0 aliphatic carbocycles. The second-order valence-electron chi connectivity index (χ2n) is 6.43. The van der Waals surface area contributed by atoms with Crippen LogP contribution in [0.2, 0.25) is 0 Å². The minimum atomic E-state index is -0.390. The Labute approximate surface area is 157 Å². The number of carbonyl (C=O) groups is 3. The summed E-state index contributed by atoms with van der Waals surface area (Å²) in [5.74, 6) is -0.804. The smallest absolute Gasteiger partial charge is 0.338 e. The van der Waals surface area contributed by atoms with E-state index in [0.717, 1.165) is 11.3 Å². The van der Waals surface area contributed by atoms with Crippen molar-refractivity contribution in [2.75, 3.05) is 17.2 Å². The van der Waals surface area contributed by atoms with Crippen molar-refractivity contribution in [3.63, 3.8) is 0 Å². The summed E-state index contributed by atoms with van der Waals surface area (Å²) in [6.07, 6.45) is 1.37. The maximum atomic E-state index is 12.2. The Hall–Kier alpha value is -3.15. The third-order valence-corrected chi connectivity index (χ3v) is 4.51. The van der Waals surface area contributed by atoms with Gasteiger partial charge >= 0.3 is 5.97 Å². The summed E-state index contributed by atoms with van der Waals surface area (Å²) in [5.41, 5.74) is 2.99. The van der Waals surface area contributed by atoms with Gasteiger partial charge in [0.15, 0.2) is 0 Å². The molecular weight excluding hydrogens is 344 g/mol. The van der Waals surface area contributed by atoms with Gasteiger partial charge in [0.05, 0.1) is 12.2 Å². The zero-order chi connectivity index (χ0) is 19.2. The second kappa shape index (κ2) is 8.49. The summed E-state index contributed by atoms with van der Waals surface area (Å²) in [7, 11) is 0. The van der Waals surface area contributed by atoms with Gasteiger partial charge in [-0.15, -0.1) is 0 Å². The van der Waals surface area contributed by atoms with Crippen LogP contribution in [0.4, 0.5) is 11.4 Å². The number of carbonyl (C=O) groups excluding carboxylic acids is 3. The number of hydrogen-bond acceptors (Lipinski definition) is 4. The number of rotatable bonds is 6. The number of amides is 2. The highest BCUT2D eigenvalue weighted by Gasteiger charge is 2.26. The number of ether oxygens (including phenoxy) is 1. The number of nitrogens with one attached hydrogen (secondary N) is 2. The Balaban J connectivity index is 1.51. The van der Waals surface area contributed by atoms with E-state index < -0.39 is 0 Å². The average Bonchev–Trinajstić information content (AvgIpc) is 2.67. The van der Waals surface area contributed by atoms with Crippen molar-refractivity contribution in [3.8, 4) is 0 Å². The van der Waals surface area contributed by atoms with Crippen LogP contribution in [0.25, 0.3) is 0 Å². The van der Waals surface area contributed by atoms with Gasteiger partial charge in [0.25, 0.3) is 0 Å². The molecule has 2 N–H and O–H groups in total. The van der Waals surface area contributed by atoms with E-state index in [1.54, 1.807) is 31.2 Å². The van der Waals surface area contributed by atoms with Crippen LogP contribution in [-0.2, 0) is 20.7 Å². The first kappa shape index (κ1) is 18.6. The van der Waals surface area contributed by atoms with Crippen molar-refractivity contribution in [2.24, 2.45) is 5.92 Å². The van der Waals surface area contributed by atoms with E-state index in [4.69, 9.17) is 4.74 Å². The van der Waals surface area contributed by atoms with E-state index in [1.807, 2.05) is 24.3 Å². The van der Waals surface area contributed by atoms with Gasteiger partial charge in [-0.2, -0.15) is 0 Å². The van der Waals surface area contributed by atoms with E-state index >= 15 is 0 Å². The third kappa shape index (κ3) is 4.73. The Kier molecular flexibility index (Phi) is 5.86. The average molecular weight is 366 g/mol. The molecule has 3 rings (SSSR count). The summed E-state index contributed by atoms with van der Waals surface area (Å²) >= 11 is 0. The fourth-order valence-corrected chi connectivity index (χ4v) is 3.08. The van der Waals surface area contributed by atoms with Crippen molar-refractivity contribution in [2.45, 2.75) is 26.2 Å². The number of esters is 1. The molecular formula is C21H22N2O4. The van der Waals surface area contributed by atoms with Gasteiger partial charge in [-0.1, -0.05) is 18.2 Å². The van der Waals surface area contributed by atoms with Gasteiger partial charge in [0, 0.05) is 23.7 Å². The summed E-state index contributed by atoms with van der Waals surface area (Å²) in [6.45, 7) is 2.06.